The predicted octanol–water partition coefficient (Wildman–Crippen LogP) is 3.18. The van der Waals surface area contributed by atoms with E-state index >= 15 is 0 Å². The first kappa shape index (κ1) is 12.7. The third-order valence-electron chi connectivity index (χ3n) is 2.99. The smallest absolute Gasteiger partial charge is 0.00399 e. The summed E-state index contributed by atoms with van der Waals surface area (Å²) in [5.41, 5.74) is 7.19. The largest absolute Gasteiger partial charge is 0.330 e. The monoisotopic (exact) mass is 215 g/mol. The molecule has 0 fully saturated rings. The molecule has 0 aliphatic heterocycles. The normalized spacial score (nSPS) is 14.1. The summed E-state index contributed by atoms with van der Waals surface area (Å²) in [5, 5.41) is 0. The first-order valence-electron chi connectivity index (χ1n) is 5.79. The zero-order valence-corrected chi connectivity index (χ0v) is 9.81. The number of allylic oxidation sites excluding steroid dienone is 2. The van der Waals surface area contributed by atoms with Crippen LogP contribution < -0.4 is 5.73 Å². The van der Waals surface area contributed by atoms with Gasteiger partial charge in [0.05, 0.1) is 0 Å². The van der Waals surface area contributed by atoms with Gasteiger partial charge in [0.15, 0.2) is 0 Å². The first-order chi connectivity index (χ1) is 7.81. The Morgan fingerprint density at radius 1 is 1.19 bits per heavy atom. The van der Waals surface area contributed by atoms with E-state index < -0.39 is 0 Å². The average Bonchev–Trinajstić information content (AvgIpc) is 2.35. The molecule has 1 rings (SSSR count). The molecular weight excluding hydrogens is 194 g/mol. The maximum atomic E-state index is 5.85. The van der Waals surface area contributed by atoms with Gasteiger partial charge in [-0.2, -0.15) is 0 Å². The fourth-order valence-corrected chi connectivity index (χ4v) is 2.00. The van der Waals surface area contributed by atoms with E-state index in [4.69, 9.17) is 5.73 Å². The summed E-state index contributed by atoms with van der Waals surface area (Å²) in [6, 6.07) is 10.5. The van der Waals surface area contributed by atoms with Crippen LogP contribution in [0.15, 0.2) is 55.6 Å². The number of rotatable bonds is 7. The molecule has 0 bridgehead atoms. The molecule has 86 valence electrons. The van der Waals surface area contributed by atoms with Crippen LogP contribution in [0.2, 0.25) is 0 Å². The van der Waals surface area contributed by atoms with E-state index in [1.54, 1.807) is 0 Å². The molecule has 1 aromatic carbocycles. The summed E-state index contributed by atoms with van der Waals surface area (Å²) in [4.78, 5) is 0. The molecule has 0 heterocycles. The van der Waals surface area contributed by atoms with Gasteiger partial charge in [-0.25, -0.2) is 0 Å². The molecule has 0 aromatic heterocycles. The lowest BCUT2D eigenvalue weighted by Gasteiger charge is -2.22. The molecule has 0 saturated heterocycles. The highest BCUT2D eigenvalue weighted by Crippen LogP contribution is 2.21. The number of nitrogens with two attached hydrogens (primary N) is 1. The quantitative estimate of drug-likeness (QED) is 0.695. The highest BCUT2D eigenvalue weighted by atomic mass is 14.6. The van der Waals surface area contributed by atoms with Gasteiger partial charge < -0.3 is 5.73 Å². The Morgan fingerprint density at radius 3 is 2.38 bits per heavy atom. The lowest BCUT2D eigenvalue weighted by molar-refractivity contribution is 0.404. The number of hydrogen-bond acceptors (Lipinski definition) is 1. The Morgan fingerprint density at radius 2 is 1.88 bits per heavy atom. The average molecular weight is 215 g/mol. The Hall–Kier alpha value is -1.34. The summed E-state index contributed by atoms with van der Waals surface area (Å²) in [6.45, 7) is 8.36. The van der Waals surface area contributed by atoms with Crippen LogP contribution in [-0.4, -0.2) is 6.54 Å². The third-order valence-corrected chi connectivity index (χ3v) is 2.99. The maximum absolute atomic E-state index is 5.85. The summed E-state index contributed by atoms with van der Waals surface area (Å²) in [7, 11) is 0. The zero-order chi connectivity index (χ0) is 11.8. The molecule has 1 aromatic rings. The number of benzene rings is 1. The van der Waals surface area contributed by atoms with E-state index in [-0.39, 0.29) is 0 Å². The second-order valence-electron chi connectivity index (χ2n) is 4.11. The Kier molecular flexibility index (Phi) is 5.58. The molecule has 0 amide bonds. The molecule has 0 spiro atoms. The van der Waals surface area contributed by atoms with Gasteiger partial charge in [0.25, 0.3) is 0 Å². The minimum absolute atomic E-state index is 0.433. The van der Waals surface area contributed by atoms with Crippen LogP contribution >= 0.6 is 0 Å². The van der Waals surface area contributed by atoms with E-state index in [1.807, 2.05) is 18.2 Å². The van der Waals surface area contributed by atoms with Crippen molar-refractivity contribution < 1.29 is 0 Å². The third kappa shape index (κ3) is 3.67. The second-order valence-corrected chi connectivity index (χ2v) is 4.11. The second kappa shape index (κ2) is 7.02. The van der Waals surface area contributed by atoms with Gasteiger partial charge >= 0.3 is 0 Å². The molecule has 0 radical (unpaired) electrons. The summed E-state index contributed by atoms with van der Waals surface area (Å²) >= 11 is 0. The molecule has 0 saturated carbocycles. The van der Waals surface area contributed by atoms with Gasteiger partial charge in [0, 0.05) is 0 Å². The topological polar surface area (TPSA) is 26.0 Å². The van der Waals surface area contributed by atoms with Crippen LogP contribution in [0, 0.1) is 11.8 Å². The van der Waals surface area contributed by atoms with E-state index in [0.717, 1.165) is 12.8 Å². The zero-order valence-electron chi connectivity index (χ0n) is 9.81. The highest BCUT2D eigenvalue weighted by molar-refractivity contribution is 5.16. The molecule has 2 unspecified atom stereocenters. The van der Waals surface area contributed by atoms with E-state index in [9.17, 15) is 0 Å². The molecule has 2 N–H and O–H groups in total. The van der Waals surface area contributed by atoms with Gasteiger partial charge in [-0.05, 0) is 36.8 Å². The van der Waals surface area contributed by atoms with Crippen LogP contribution in [0.4, 0.5) is 0 Å². The molecule has 0 aliphatic carbocycles. The fourth-order valence-electron chi connectivity index (χ4n) is 2.00. The first-order valence-corrected chi connectivity index (χ1v) is 5.79. The minimum atomic E-state index is 0.433. The summed E-state index contributed by atoms with van der Waals surface area (Å²) in [5.74, 6) is 0.889. The molecule has 1 nitrogen and oxygen atoms in total. The molecular formula is C15H21N. The van der Waals surface area contributed by atoms with Crippen LogP contribution in [0.25, 0.3) is 0 Å². The molecule has 1 heteroatoms. The van der Waals surface area contributed by atoms with Crippen LogP contribution in [0.3, 0.4) is 0 Å². The van der Waals surface area contributed by atoms with Crippen molar-refractivity contribution in [2.75, 3.05) is 6.54 Å². The summed E-state index contributed by atoms with van der Waals surface area (Å²) < 4.78 is 0. The van der Waals surface area contributed by atoms with Crippen molar-refractivity contribution in [2.45, 2.75) is 12.8 Å². The van der Waals surface area contributed by atoms with Crippen LogP contribution in [-0.2, 0) is 6.42 Å². The molecule has 2 atom stereocenters. The van der Waals surface area contributed by atoms with E-state index in [2.05, 4.69) is 37.4 Å². The van der Waals surface area contributed by atoms with Crippen LogP contribution in [0.1, 0.15) is 12.0 Å². The Bertz CT molecular complexity index is 315. The van der Waals surface area contributed by atoms with Gasteiger partial charge in [-0.1, -0.05) is 42.5 Å². The van der Waals surface area contributed by atoms with E-state index in [1.165, 1.54) is 5.56 Å². The Balaban J connectivity index is 2.67. The van der Waals surface area contributed by atoms with Crippen LogP contribution in [0.5, 0.6) is 0 Å². The fraction of sp³-hybridized carbons (Fsp3) is 0.333. The van der Waals surface area contributed by atoms with Gasteiger partial charge in [-0.15, -0.1) is 13.2 Å². The van der Waals surface area contributed by atoms with Crippen molar-refractivity contribution in [2.24, 2.45) is 17.6 Å². The van der Waals surface area contributed by atoms with Gasteiger partial charge in [0.2, 0.25) is 0 Å². The number of hydrogen-bond donors (Lipinski definition) is 1. The SMILES string of the molecule is C=CCC(C=C)C(CN)Cc1ccccc1. The molecule has 16 heavy (non-hydrogen) atoms. The summed E-state index contributed by atoms with van der Waals surface area (Å²) in [6.07, 6.45) is 5.92. The van der Waals surface area contributed by atoms with Crippen molar-refractivity contribution >= 4 is 0 Å². The van der Waals surface area contributed by atoms with Crippen molar-refractivity contribution in [1.82, 2.24) is 0 Å². The lowest BCUT2D eigenvalue weighted by Crippen LogP contribution is -2.24. The Labute approximate surface area is 98.7 Å². The highest BCUT2D eigenvalue weighted by Gasteiger charge is 2.16. The minimum Gasteiger partial charge on any atom is -0.330 e. The van der Waals surface area contributed by atoms with Crippen molar-refractivity contribution in [3.63, 3.8) is 0 Å². The predicted molar refractivity (Wildman–Crippen MR) is 71.2 cm³/mol. The van der Waals surface area contributed by atoms with Crippen molar-refractivity contribution in [1.29, 1.82) is 0 Å². The van der Waals surface area contributed by atoms with Crippen molar-refractivity contribution in [3.05, 3.63) is 61.2 Å². The lowest BCUT2D eigenvalue weighted by atomic mass is 9.85. The van der Waals surface area contributed by atoms with E-state index in [0.29, 0.717) is 18.4 Å². The van der Waals surface area contributed by atoms with Crippen molar-refractivity contribution in [3.8, 4) is 0 Å². The molecule has 0 aliphatic rings. The standard InChI is InChI=1S/C15H21N/c1-3-8-14(4-2)15(12-16)11-13-9-6-5-7-10-13/h3-7,9-10,14-15H,1-2,8,11-12,16H2. The van der Waals surface area contributed by atoms with Gasteiger partial charge in [0.1, 0.15) is 0 Å². The maximum Gasteiger partial charge on any atom is -0.00399 e. The van der Waals surface area contributed by atoms with Gasteiger partial charge in [-0.3, -0.25) is 0 Å².